The molecule has 1 saturated heterocycles. The molecule has 0 spiro atoms. The van der Waals surface area contributed by atoms with Crippen LogP contribution in [0.3, 0.4) is 0 Å². The monoisotopic (exact) mass is 344 g/mol. The number of rotatable bonds is 4. The van der Waals surface area contributed by atoms with Crippen LogP contribution in [0.1, 0.15) is 20.3 Å². The maximum Gasteiger partial charge on any atom is 0.243 e. The van der Waals surface area contributed by atoms with E-state index in [1.807, 2.05) is 0 Å². The number of benzene rings is 1. The number of piperidine rings is 1. The number of carbonyl (C=O) groups excluding carboxylic acids is 1. The summed E-state index contributed by atoms with van der Waals surface area (Å²) in [5.41, 5.74) is 0.532. The second kappa shape index (κ2) is 6.98. The quantitative estimate of drug-likeness (QED) is 0.853. The van der Waals surface area contributed by atoms with Crippen LogP contribution in [0.25, 0.3) is 0 Å². The normalized spacial score (nSPS) is 23.2. The Morgan fingerprint density at radius 3 is 2.27 bits per heavy atom. The molecule has 2 rings (SSSR count). The Bertz CT molecular complexity index is 621. The molecule has 5 nitrogen and oxygen atoms in total. The molecule has 122 valence electrons. The molecule has 1 heterocycles. The molecule has 2 atom stereocenters. The van der Waals surface area contributed by atoms with Crippen LogP contribution in [0.15, 0.2) is 29.2 Å². The zero-order valence-electron chi connectivity index (χ0n) is 12.8. The highest BCUT2D eigenvalue weighted by atomic mass is 35.5. The van der Waals surface area contributed by atoms with Crippen LogP contribution in [-0.4, -0.2) is 37.6 Å². The number of hydrogen-bond acceptors (Lipinski definition) is 3. The van der Waals surface area contributed by atoms with Gasteiger partial charge in [0.1, 0.15) is 5.88 Å². The number of anilines is 1. The number of hydrogen-bond donors (Lipinski definition) is 1. The summed E-state index contributed by atoms with van der Waals surface area (Å²) in [6, 6.07) is 6.19. The number of carbonyl (C=O) groups is 1. The van der Waals surface area contributed by atoms with Gasteiger partial charge in [-0.15, -0.1) is 11.6 Å². The number of nitrogens with one attached hydrogen (secondary N) is 1. The molecule has 0 bridgehead atoms. The van der Waals surface area contributed by atoms with E-state index in [2.05, 4.69) is 19.2 Å². The fraction of sp³-hybridized carbons (Fsp3) is 0.533. The molecular weight excluding hydrogens is 324 g/mol. The van der Waals surface area contributed by atoms with E-state index in [-0.39, 0.29) is 16.7 Å². The van der Waals surface area contributed by atoms with E-state index >= 15 is 0 Å². The molecule has 0 radical (unpaired) electrons. The van der Waals surface area contributed by atoms with Crippen molar-refractivity contribution in [2.24, 2.45) is 11.8 Å². The van der Waals surface area contributed by atoms with Crippen LogP contribution in [-0.2, 0) is 14.8 Å². The third-order valence-electron chi connectivity index (χ3n) is 3.73. The van der Waals surface area contributed by atoms with Crippen molar-refractivity contribution >= 4 is 33.2 Å². The molecule has 0 aliphatic carbocycles. The standard InChI is InChI=1S/C15H21ClN2O3S/c1-11-7-12(2)10-18(9-11)22(20,21)14-5-3-13(4-6-14)17-15(19)8-16/h3-6,11-12H,7-10H2,1-2H3,(H,17,19)/t11-,12-/m1/s1. The van der Waals surface area contributed by atoms with Crippen molar-refractivity contribution in [3.05, 3.63) is 24.3 Å². The molecule has 0 saturated carbocycles. The Balaban J connectivity index is 2.17. The molecule has 0 aromatic heterocycles. The SMILES string of the molecule is C[C@@H]1C[C@@H](C)CN(S(=O)(=O)c2ccc(NC(=O)CCl)cc2)C1. The minimum Gasteiger partial charge on any atom is -0.325 e. The fourth-order valence-electron chi connectivity index (χ4n) is 2.86. The number of sulfonamides is 1. The summed E-state index contributed by atoms with van der Waals surface area (Å²) in [5, 5.41) is 2.58. The van der Waals surface area contributed by atoms with E-state index in [1.54, 1.807) is 16.4 Å². The smallest absolute Gasteiger partial charge is 0.243 e. The number of amides is 1. The predicted octanol–water partition coefficient (Wildman–Crippen LogP) is 2.53. The first-order valence-electron chi connectivity index (χ1n) is 7.29. The lowest BCUT2D eigenvalue weighted by Crippen LogP contribution is -2.42. The summed E-state index contributed by atoms with van der Waals surface area (Å²) in [6.07, 6.45) is 1.05. The molecule has 1 amide bonds. The van der Waals surface area contributed by atoms with Gasteiger partial charge in [0.2, 0.25) is 15.9 Å². The van der Waals surface area contributed by atoms with Gasteiger partial charge in [-0.1, -0.05) is 13.8 Å². The Labute approximate surface area is 136 Å². The number of halogens is 1. The van der Waals surface area contributed by atoms with Gasteiger partial charge in [0, 0.05) is 18.8 Å². The second-order valence-corrected chi connectivity index (χ2v) is 8.18. The zero-order valence-corrected chi connectivity index (χ0v) is 14.3. The fourth-order valence-corrected chi connectivity index (χ4v) is 4.60. The summed E-state index contributed by atoms with van der Waals surface area (Å²) in [4.78, 5) is 11.5. The summed E-state index contributed by atoms with van der Waals surface area (Å²) < 4.78 is 26.9. The molecule has 1 aromatic carbocycles. The Morgan fingerprint density at radius 1 is 1.23 bits per heavy atom. The number of alkyl halides is 1. The highest BCUT2D eigenvalue weighted by Crippen LogP contribution is 2.27. The van der Waals surface area contributed by atoms with Gasteiger partial charge in [0.25, 0.3) is 0 Å². The molecule has 1 aliphatic heterocycles. The van der Waals surface area contributed by atoms with Gasteiger partial charge < -0.3 is 5.32 Å². The van der Waals surface area contributed by atoms with Crippen LogP contribution in [0.2, 0.25) is 0 Å². The van der Waals surface area contributed by atoms with Gasteiger partial charge in [-0.05, 0) is 42.5 Å². The van der Waals surface area contributed by atoms with Crippen molar-refractivity contribution in [2.45, 2.75) is 25.2 Å². The minimum absolute atomic E-state index is 0.135. The first kappa shape index (κ1) is 17.2. The molecule has 7 heteroatoms. The lowest BCUT2D eigenvalue weighted by molar-refractivity contribution is -0.113. The van der Waals surface area contributed by atoms with Crippen molar-refractivity contribution in [1.82, 2.24) is 4.31 Å². The molecular formula is C15H21ClN2O3S. The average molecular weight is 345 g/mol. The summed E-state index contributed by atoms with van der Waals surface area (Å²) in [5.74, 6) is 0.265. The van der Waals surface area contributed by atoms with Crippen LogP contribution in [0, 0.1) is 11.8 Å². The largest absolute Gasteiger partial charge is 0.325 e. The van der Waals surface area contributed by atoms with E-state index in [4.69, 9.17) is 11.6 Å². The predicted molar refractivity (Wildman–Crippen MR) is 87.5 cm³/mol. The third kappa shape index (κ3) is 4.00. The van der Waals surface area contributed by atoms with Gasteiger partial charge in [-0.25, -0.2) is 8.42 Å². The Hall–Kier alpha value is -1.11. The summed E-state index contributed by atoms with van der Waals surface area (Å²) in [6.45, 7) is 5.25. The van der Waals surface area contributed by atoms with Crippen molar-refractivity contribution in [2.75, 3.05) is 24.3 Å². The summed E-state index contributed by atoms with van der Waals surface area (Å²) in [7, 11) is -3.48. The van der Waals surface area contributed by atoms with Crippen molar-refractivity contribution in [3.8, 4) is 0 Å². The maximum absolute atomic E-state index is 12.7. The third-order valence-corrected chi connectivity index (χ3v) is 5.82. The van der Waals surface area contributed by atoms with Crippen LogP contribution >= 0.6 is 11.6 Å². The van der Waals surface area contributed by atoms with Gasteiger partial charge in [-0.2, -0.15) is 4.31 Å². The second-order valence-electron chi connectivity index (χ2n) is 5.97. The minimum atomic E-state index is -3.48. The van der Waals surface area contributed by atoms with Crippen LogP contribution in [0.5, 0.6) is 0 Å². The Kier molecular flexibility index (Phi) is 5.47. The van der Waals surface area contributed by atoms with Crippen LogP contribution < -0.4 is 5.32 Å². The van der Waals surface area contributed by atoms with E-state index in [1.165, 1.54) is 12.1 Å². The van der Waals surface area contributed by atoms with Crippen molar-refractivity contribution in [1.29, 1.82) is 0 Å². The molecule has 1 N–H and O–H groups in total. The molecule has 1 aliphatic rings. The lowest BCUT2D eigenvalue weighted by Gasteiger charge is -2.34. The van der Waals surface area contributed by atoms with Gasteiger partial charge in [0.05, 0.1) is 4.90 Å². The first-order chi connectivity index (χ1) is 10.3. The highest BCUT2D eigenvalue weighted by Gasteiger charge is 2.31. The number of nitrogens with zero attached hydrogens (tertiary/aromatic N) is 1. The molecule has 1 aromatic rings. The van der Waals surface area contributed by atoms with E-state index in [9.17, 15) is 13.2 Å². The highest BCUT2D eigenvalue weighted by molar-refractivity contribution is 7.89. The summed E-state index contributed by atoms with van der Waals surface area (Å²) >= 11 is 5.42. The zero-order chi connectivity index (χ0) is 16.3. The maximum atomic E-state index is 12.7. The van der Waals surface area contributed by atoms with Gasteiger partial charge in [0.15, 0.2) is 0 Å². The van der Waals surface area contributed by atoms with Gasteiger partial charge in [-0.3, -0.25) is 4.79 Å². The molecule has 1 fully saturated rings. The first-order valence-corrected chi connectivity index (χ1v) is 9.26. The van der Waals surface area contributed by atoms with E-state index in [0.29, 0.717) is 30.6 Å². The van der Waals surface area contributed by atoms with E-state index in [0.717, 1.165) is 6.42 Å². The van der Waals surface area contributed by atoms with Crippen molar-refractivity contribution in [3.63, 3.8) is 0 Å². The lowest BCUT2D eigenvalue weighted by atomic mass is 9.94. The van der Waals surface area contributed by atoms with Gasteiger partial charge >= 0.3 is 0 Å². The van der Waals surface area contributed by atoms with E-state index < -0.39 is 10.0 Å². The molecule has 22 heavy (non-hydrogen) atoms. The Morgan fingerprint density at radius 2 is 1.77 bits per heavy atom. The van der Waals surface area contributed by atoms with Crippen molar-refractivity contribution < 1.29 is 13.2 Å². The molecule has 0 unspecified atom stereocenters. The average Bonchev–Trinajstić information content (AvgIpc) is 2.46. The topological polar surface area (TPSA) is 66.5 Å². The van der Waals surface area contributed by atoms with Crippen LogP contribution in [0.4, 0.5) is 5.69 Å².